The lowest BCUT2D eigenvalue weighted by Gasteiger charge is -2.37. The number of nitrogen functional groups attached to an aromatic ring is 1. The Bertz CT molecular complexity index is 509. The summed E-state index contributed by atoms with van der Waals surface area (Å²) in [6.07, 6.45) is -5.36. The van der Waals surface area contributed by atoms with E-state index >= 15 is 0 Å². The monoisotopic (exact) mass is 334 g/mol. The zero-order valence-electron chi connectivity index (χ0n) is 11.7. The van der Waals surface area contributed by atoms with E-state index in [0.29, 0.717) is 11.0 Å². The Morgan fingerprint density at radius 3 is 2.68 bits per heavy atom. The number of aromatic nitrogens is 2. The summed E-state index contributed by atoms with van der Waals surface area (Å²) in [6.45, 7) is -0.208. The van der Waals surface area contributed by atoms with Gasteiger partial charge in [0.05, 0.1) is 0 Å². The number of aliphatic hydroxyl groups is 4. The number of rotatable bonds is 5. The highest BCUT2D eigenvalue weighted by molar-refractivity contribution is 7.98. The molecule has 1 aromatic rings. The first-order valence-corrected chi connectivity index (χ1v) is 7.59. The van der Waals surface area contributed by atoms with Crippen molar-refractivity contribution in [3.05, 3.63) is 6.07 Å². The van der Waals surface area contributed by atoms with E-state index in [1.165, 1.54) is 17.8 Å². The summed E-state index contributed by atoms with van der Waals surface area (Å²) >= 11 is 1.30. The third kappa shape index (κ3) is 3.95. The van der Waals surface area contributed by atoms with Gasteiger partial charge in [-0.15, -0.1) is 0 Å². The highest BCUT2D eigenvalue weighted by Gasteiger charge is 2.43. The van der Waals surface area contributed by atoms with Gasteiger partial charge in [0.2, 0.25) is 0 Å². The summed E-state index contributed by atoms with van der Waals surface area (Å²) in [6, 6.07) is 1.45. The molecule has 7 N–H and O–H groups in total. The van der Waals surface area contributed by atoms with Crippen LogP contribution in [0.1, 0.15) is 0 Å². The Labute approximate surface area is 130 Å². The zero-order chi connectivity index (χ0) is 16.3. The fourth-order valence-corrected chi connectivity index (χ4v) is 2.24. The van der Waals surface area contributed by atoms with Crippen LogP contribution in [0.25, 0.3) is 0 Å². The molecule has 1 saturated heterocycles. The maximum atomic E-state index is 9.75. The molecule has 5 atom stereocenters. The summed E-state index contributed by atoms with van der Waals surface area (Å²) in [4.78, 5) is 13.2. The molecule has 22 heavy (non-hydrogen) atoms. The minimum absolute atomic E-state index is 0.208. The predicted octanol–water partition coefficient (Wildman–Crippen LogP) is -2.08. The van der Waals surface area contributed by atoms with Gasteiger partial charge in [-0.3, -0.25) is 4.84 Å². The van der Waals surface area contributed by atoms with Crippen LogP contribution in [0.5, 0.6) is 0 Å². The van der Waals surface area contributed by atoms with Crippen LogP contribution in [0.2, 0.25) is 0 Å². The average Bonchev–Trinajstić information content (AvgIpc) is 2.49. The van der Waals surface area contributed by atoms with Gasteiger partial charge in [0.1, 0.15) is 36.8 Å². The van der Waals surface area contributed by atoms with Gasteiger partial charge in [-0.1, -0.05) is 11.8 Å². The van der Waals surface area contributed by atoms with E-state index in [2.05, 4.69) is 15.4 Å². The van der Waals surface area contributed by atoms with Crippen molar-refractivity contribution in [3.8, 4) is 0 Å². The van der Waals surface area contributed by atoms with Gasteiger partial charge in [-0.25, -0.2) is 15.4 Å². The van der Waals surface area contributed by atoms with E-state index in [1.807, 2.05) is 0 Å². The maximum absolute atomic E-state index is 9.75. The van der Waals surface area contributed by atoms with E-state index in [1.54, 1.807) is 6.26 Å². The van der Waals surface area contributed by atoms with Crippen LogP contribution in [-0.2, 0) is 9.57 Å². The SMILES string of the molecule is CSc1nc(N)cc(NOCC2OC(O)C(O)C(O)C2O)n1. The van der Waals surface area contributed by atoms with Crippen LogP contribution in [0.15, 0.2) is 11.2 Å². The minimum atomic E-state index is -1.61. The lowest BCUT2D eigenvalue weighted by atomic mass is 9.99. The van der Waals surface area contributed by atoms with Gasteiger partial charge < -0.3 is 30.9 Å². The third-order valence-corrected chi connectivity index (χ3v) is 3.57. The number of thioether (sulfide) groups is 1. The number of nitrogens with zero attached hydrogens (tertiary/aromatic N) is 2. The van der Waals surface area contributed by atoms with E-state index in [0.717, 1.165) is 0 Å². The number of aliphatic hydroxyl groups excluding tert-OH is 4. The van der Waals surface area contributed by atoms with E-state index in [-0.39, 0.29) is 12.4 Å². The van der Waals surface area contributed by atoms with Crippen molar-refractivity contribution in [2.45, 2.75) is 35.9 Å². The largest absolute Gasteiger partial charge is 0.387 e. The molecule has 1 aromatic heterocycles. The van der Waals surface area contributed by atoms with Crippen LogP contribution < -0.4 is 11.2 Å². The first-order chi connectivity index (χ1) is 10.4. The first kappa shape index (κ1) is 17.1. The van der Waals surface area contributed by atoms with E-state index in [9.17, 15) is 20.4 Å². The number of ether oxygens (including phenoxy) is 1. The second kappa shape index (κ2) is 7.37. The molecule has 124 valence electrons. The number of hydrogen-bond acceptors (Lipinski definition) is 11. The molecule has 0 aliphatic carbocycles. The van der Waals surface area contributed by atoms with Crippen LogP contribution in [0, 0.1) is 0 Å². The molecule has 10 nitrogen and oxygen atoms in total. The Morgan fingerprint density at radius 2 is 2.00 bits per heavy atom. The molecule has 1 fully saturated rings. The predicted molar refractivity (Wildman–Crippen MR) is 76.7 cm³/mol. The molecule has 5 unspecified atom stereocenters. The quantitative estimate of drug-likeness (QED) is 0.199. The van der Waals surface area contributed by atoms with Crippen LogP contribution in [0.4, 0.5) is 11.6 Å². The second-order valence-corrected chi connectivity index (χ2v) is 5.39. The van der Waals surface area contributed by atoms with Crippen molar-refractivity contribution in [2.24, 2.45) is 0 Å². The van der Waals surface area contributed by atoms with Gasteiger partial charge in [0, 0.05) is 6.07 Å². The Hall–Kier alpha value is -1.21. The van der Waals surface area contributed by atoms with Crippen molar-refractivity contribution in [1.29, 1.82) is 0 Å². The van der Waals surface area contributed by atoms with Crippen molar-refractivity contribution < 1.29 is 30.0 Å². The molecule has 0 spiro atoms. The molecular formula is C11H18N4O6S. The molecule has 1 aliphatic rings. The molecule has 11 heteroatoms. The van der Waals surface area contributed by atoms with Gasteiger partial charge in [-0.2, -0.15) is 0 Å². The molecule has 0 aromatic carbocycles. The maximum Gasteiger partial charge on any atom is 0.191 e. The number of anilines is 2. The van der Waals surface area contributed by atoms with Gasteiger partial charge in [-0.05, 0) is 6.26 Å². The van der Waals surface area contributed by atoms with Crippen molar-refractivity contribution in [1.82, 2.24) is 9.97 Å². The van der Waals surface area contributed by atoms with Crippen molar-refractivity contribution in [2.75, 3.05) is 24.1 Å². The average molecular weight is 334 g/mol. The zero-order valence-corrected chi connectivity index (χ0v) is 12.5. The molecule has 0 saturated carbocycles. The Morgan fingerprint density at radius 1 is 1.27 bits per heavy atom. The molecule has 2 heterocycles. The summed E-state index contributed by atoms with van der Waals surface area (Å²) < 4.78 is 4.96. The smallest absolute Gasteiger partial charge is 0.191 e. The van der Waals surface area contributed by atoms with E-state index in [4.69, 9.17) is 15.3 Å². The van der Waals surface area contributed by atoms with Gasteiger partial charge >= 0.3 is 0 Å². The van der Waals surface area contributed by atoms with Gasteiger partial charge in [0.25, 0.3) is 0 Å². The Kier molecular flexibility index (Phi) is 5.74. The van der Waals surface area contributed by atoms with Crippen LogP contribution >= 0.6 is 11.8 Å². The number of nitrogens with one attached hydrogen (secondary N) is 1. The molecule has 2 rings (SSSR count). The number of hydrogen-bond donors (Lipinski definition) is 6. The number of nitrogens with two attached hydrogens (primary N) is 1. The van der Waals surface area contributed by atoms with Crippen LogP contribution in [-0.4, -0.2) is 74.0 Å². The molecule has 0 amide bonds. The topological polar surface area (TPSA) is 163 Å². The van der Waals surface area contributed by atoms with Crippen molar-refractivity contribution >= 4 is 23.4 Å². The summed E-state index contributed by atoms with van der Waals surface area (Å²) in [5.74, 6) is 0.566. The second-order valence-electron chi connectivity index (χ2n) is 4.61. The standard InChI is InChI=1S/C11H18N4O6S/c1-22-11-13-5(12)2-6(14-11)15-20-3-4-7(16)8(17)9(18)10(19)21-4/h2,4,7-10,16-19H,3H2,1H3,(H3,12,13,14,15). The molecule has 1 aliphatic heterocycles. The van der Waals surface area contributed by atoms with Crippen LogP contribution in [0.3, 0.4) is 0 Å². The lowest BCUT2D eigenvalue weighted by molar-refractivity contribution is -0.287. The normalized spacial score (nSPS) is 32.0. The molecule has 0 radical (unpaired) electrons. The summed E-state index contributed by atoms with van der Waals surface area (Å²) in [7, 11) is 0. The summed E-state index contributed by atoms with van der Waals surface area (Å²) in [5, 5.41) is 38.5. The first-order valence-electron chi connectivity index (χ1n) is 6.36. The van der Waals surface area contributed by atoms with Crippen molar-refractivity contribution in [3.63, 3.8) is 0 Å². The lowest BCUT2D eigenvalue weighted by Crippen LogP contribution is -2.58. The summed E-state index contributed by atoms with van der Waals surface area (Å²) in [5.41, 5.74) is 8.11. The third-order valence-electron chi connectivity index (χ3n) is 3.02. The van der Waals surface area contributed by atoms with Gasteiger partial charge in [0.15, 0.2) is 17.3 Å². The van der Waals surface area contributed by atoms with E-state index < -0.39 is 30.7 Å². The fraction of sp³-hybridized carbons (Fsp3) is 0.636. The fourth-order valence-electron chi connectivity index (χ4n) is 1.85. The molecular weight excluding hydrogens is 316 g/mol. The molecule has 0 bridgehead atoms. The Balaban J connectivity index is 1.89. The highest BCUT2D eigenvalue weighted by Crippen LogP contribution is 2.20. The highest BCUT2D eigenvalue weighted by atomic mass is 32.2. The minimum Gasteiger partial charge on any atom is -0.387 e.